The molecule has 1 aromatic rings. The Kier molecular flexibility index (Phi) is 3.86. The van der Waals surface area contributed by atoms with Crippen molar-refractivity contribution in [2.45, 2.75) is 45.5 Å². The summed E-state index contributed by atoms with van der Waals surface area (Å²) in [7, 11) is 0. The molecule has 1 unspecified atom stereocenters. The van der Waals surface area contributed by atoms with Crippen molar-refractivity contribution in [2.24, 2.45) is 0 Å². The van der Waals surface area contributed by atoms with Crippen LogP contribution < -0.4 is 5.32 Å². The topological polar surface area (TPSA) is 29.9 Å². The van der Waals surface area contributed by atoms with Crippen LogP contribution in [0.2, 0.25) is 0 Å². The summed E-state index contributed by atoms with van der Waals surface area (Å²) in [6.07, 6.45) is -3.01. The van der Waals surface area contributed by atoms with Crippen LogP contribution >= 0.6 is 0 Å². The lowest BCUT2D eigenvalue weighted by molar-refractivity contribution is -0.141. The Morgan fingerprint density at radius 1 is 1.35 bits per heavy atom. The van der Waals surface area contributed by atoms with E-state index in [9.17, 15) is 13.2 Å². The highest BCUT2D eigenvalue weighted by atomic mass is 19.4. The Bertz CT molecular complexity index is 363. The van der Waals surface area contributed by atoms with Gasteiger partial charge in [-0.2, -0.15) is 18.3 Å². The number of aromatic nitrogens is 2. The van der Waals surface area contributed by atoms with E-state index in [1.807, 2.05) is 27.7 Å². The van der Waals surface area contributed by atoms with Crippen molar-refractivity contribution in [1.29, 1.82) is 0 Å². The van der Waals surface area contributed by atoms with Crippen LogP contribution in [0.25, 0.3) is 0 Å². The van der Waals surface area contributed by atoms with E-state index < -0.39 is 11.9 Å². The van der Waals surface area contributed by atoms with Gasteiger partial charge in [-0.1, -0.05) is 0 Å². The summed E-state index contributed by atoms with van der Waals surface area (Å²) in [6, 6.07) is 0.874. The molecular weight excluding hydrogens is 231 g/mol. The molecule has 0 bridgehead atoms. The molecule has 1 heterocycles. The van der Waals surface area contributed by atoms with Crippen LogP contribution in [-0.4, -0.2) is 21.9 Å². The first-order chi connectivity index (χ1) is 7.59. The lowest BCUT2D eigenvalue weighted by Gasteiger charge is -2.23. The normalized spacial score (nSPS) is 15.0. The van der Waals surface area contributed by atoms with E-state index in [0.29, 0.717) is 6.54 Å². The first kappa shape index (κ1) is 14.0. The maximum Gasteiger partial charge on any atom is 0.435 e. The molecular formula is C11H18F3N3. The van der Waals surface area contributed by atoms with Crippen molar-refractivity contribution in [3.8, 4) is 0 Å². The van der Waals surface area contributed by atoms with Gasteiger partial charge in [-0.25, -0.2) is 0 Å². The van der Waals surface area contributed by atoms with Crippen molar-refractivity contribution >= 4 is 0 Å². The molecule has 1 aromatic heterocycles. The summed E-state index contributed by atoms with van der Waals surface area (Å²) in [4.78, 5) is 0. The average Bonchev–Trinajstić information content (AvgIpc) is 2.60. The van der Waals surface area contributed by atoms with Crippen LogP contribution in [0.1, 0.15) is 39.4 Å². The number of hydrogen-bond acceptors (Lipinski definition) is 2. The molecule has 0 amide bonds. The molecule has 6 heteroatoms. The van der Waals surface area contributed by atoms with Gasteiger partial charge in [0.05, 0.1) is 6.04 Å². The summed E-state index contributed by atoms with van der Waals surface area (Å²) in [6.45, 7) is 8.41. The molecule has 0 radical (unpaired) electrons. The van der Waals surface area contributed by atoms with Gasteiger partial charge in [0, 0.05) is 18.3 Å². The van der Waals surface area contributed by atoms with Crippen LogP contribution in [0.15, 0.2) is 12.3 Å². The molecule has 0 saturated heterocycles. The SMILES string of the molecule is CC(CNC(C)(C)C)n1ccc(C(F)(F)F)n1. The Labute approximate surface area is 99.0 Å². The number of hydrogen-bond donors (Lipinski definition) is 1. The van der Waals surface area contributed by atoms with Crippen LogP contribution in [0.4, 0.5) is 13.2 Å². The minimum atomic E-state index is -4.37. The summed E-state index contributed by atoms with van der Waals surface area (Å²) in [5, 5.41) is 6.76. The second kappa shape index (κ2) is 4.68. The number of alkyl halides is 3. The quantitative estimate of drug-likeness (QED) is 0.892. The van der Waals surface area contributed by atoms with Crippen LogP contribution in [0, 0.1) is 0 Å². The van der Waals surface area contributed by atoms with Gasteiger partial charge in [0.15, 0.2) is 5.69 Å². The molecule has 0 aliphatic heterocycles. The van der Waals surface area contributed by atoms with Crippen molar-refractivity contribution in [1.82, 2.24) is 15.1 Å². The molecule has 0 saturated carbocycles. The van der Waals surface area contributed by atoms with Crippen molar-refractivity contribution in [2.75, 3.05) is 6.54 Å². The van der Waals surface area contributed by atoms with E-state index in [1.165, 1.54) is 10.9 Å². The zero-order chi connectivity index (χ0) is 13.3. The minimum Gasteiger partial charge on any atom is -0.310 e. The standard InChI is InChI=1S/C11H18F3N3/c1-8(7-15-10(2,3)4)17-6-5-9(16-17)11(12,13)14/h5-6,8,15H,7H2,1-4H3. The first-order valence-electron chi connectivity index (χ1n) is 5.47. The fourth-order valence-electron chi connectivity index (χ4n) is 1.28. The largest absolute Gasteiger partial charge is 0.435 e. The van der Waals surface area contributed by atoms with Gasteiger partial charge in [-0.15, -0.1) is 0 Å². The molecule has 0 aromatic carbocycles. The Morgan fingerprint density at radius 2 is 1.94 bits per heavy atom. The third kappa shape index (κ3) is 4.38. The fraction of sp³-hybridized carbons (Fsp3) is 0.727. The Balaban J connectivity index is 2.64. The van der Waals surface area contributed by atoms with Crippen LogP contribution in [-0.2, 0) is 6.18 Å². The van der Waals surface area contributed by atoms with Crippen molar-refractivity contribution in [3.05, 3.63) is 18.0 Å². The van der Waals surface area contributed by atoms with Crippen molar-refractivity contribution in [3.63, 3.8) is 0 Å². The van der Waals surface area contributed by atoms with Crippen LogP contribution in [0.5, 0.6) is 0 Å². The van der Waals surface area contributed by atoms with E-state index in [4.69, 9.17) is 0 Å². The first-order valence-corrected chi connectivity index (χ1v) is 5.47. The Morgan fingerprint density at radius 3 is 2.35 bits per heavy atom. The summed E-state index contributed by atoms with van der Waals surface area (Å²) < 4.78 is 38.4. The maximum atomic E-state index is 12.3. The highest BCUT2D eigenvalue weighted by Crippen LogP contribution is 2.27. The third-order valence-corrected chi connectivity index (χ3v) is 2.28. The zero-order valence-corrected chi connectivity index (χ0v) is 10.5. The molecule has 17 heavy (non-hydrogen) atoms. The molecule has 0 aliphatic rings. The average molecular weight is 249 g/mol. The van der Waals surface area contributed by atoms with Gasteiger partial charge >= 0.3 is 6.18 Å². The van der Waals surface area contributed by atoms with E-state index >= 15 is 0 Å². The maximum absolute atomic E-state index is 12.3. The number of rotatable bonds is 3. The summed E-state index contributed by atoms with van der Waals surface area (Å²) in [5.74, 6) is 0. The van der Waals surface area contributed by atoms with E-state index in [-0.39, 0.29) is 11.6 Å². The molecule has 1 atom stereocenters. The molecule has 1 rings (SSSR count). The number of halogens is 3. The predicted octanol–water partition coefficient (Wildman–Crippen LogP) is 2.85. The highest BCUT2D eigenvalue weighted by molar-refractivity contribution is 5.03. The molecule has 0 aliphatic carbocycles. The Hall–Kier alpha value is -1.04. The van der Waals surface area contributed by atoms with E-state index in [2.05, 4.69) is 10.4 Å². The number of nitrogens with one attached hydrogen (secondary N) is 1. The third-order valence-electron chi connectivity index (χ3n) is 2.28. The van der Waals surface area contributed by atoms with Gasteiger partial charge in [-0.3, -0.25) is 4.68 Å². The summed E-state index contributed by atoms with van der Waals surface area (Å²) >= 11 is 0. The minimum absolute atomic E-state index is 0.0612. The van der Waals surface area contributed by atoms with Gasteiger partial charge in [0.2, 0.25) is 0 Å². The van der Waals surface area contributed by atoms with Crippen molar-refractivity contribution < 1.29 is 13.2 Å². The highest BCUT2D eigenvalue weighted by Gasteiger charge is 2.33. The lowest BCUT2D eigenvalue weighted by Crippen LogP contribution is -2.39. The second-order valence-electron chi connectivity index (χ2n) is 5.16. The van der Waals surface area contributed by atoms with E-state index in [1.54, 1.807) is 0 Å². The predicted molar refractivity (Wildman–Crippen MR) is 59.7 cm³/mol. The molecule has 98 valence electrons. The second-order valence-corrected chi connectivity index (χ2v) is 5.16. The van der Waals surface area contributed by atoms with Gasteiger partial charge < -0.3 is 5.32 Å². The summed E-state index contributed by atoms with van der Waals surface area (Å²) in [5.41, 5.74) is -0.908. The molecule has 0 spiro atoms. The lowest BCUT2D eigenvalue weighted by atomic mass is 10.1. The van der Waals surface area contributed by atoms with E-state index in [0.717, 1.165) is 6.07 Å². The van der Waals surface area contributed by atoms with Gasteiger partial charge in [0.25, 0.3) is 0 Å². The smallest absolute Gasteiger partial charge is 0.310 e. The fourth-order valence-corrected chi connectivity index (χ4v) is 1.28. The molecule has 1 N–H and O–H groups in total. The molecule has 3 nitrogen and oxygen atoms in total. The zero-order valence-electron chi connectivity index (χ0n) is 10.5. The van der Waals surface area contributed by atoms with Gasteiger partial charge in [0.1, 0.15) is 0 Å². The molecule has 0 fully saturated rings. The van der Waals surface area contributed by atoms with Gasteiger partial charge in [-0.05, 0) is 33.8 Å². The number of nitrogens with zero attached hydrogens (tertiary/aromatic N) is 2. The van der Waals surface area contributed by atoms with Crippen LogP contribution in [0.3, 0.4) is 0 Å². The monoisotopic (exact) mass is 249 g/mol.